The number of anilines is 1. The van der Waals surface area contributed by atoms with E-state index in [4.69, 9.17) is 13.9 Å². The van der Waals surface area contributed by atoms with Gasteiger partial charge in [0, 0.05) is 24.1 Å². The van der Waals surface area contributed by atoms with Gasteiger partial charge in [-0.1, -0.05) is 12.1 Å². The maximum absolute atomic E-state index is 12.5. The first-order chi connectivity index (χ1) is 15.6. The molecule has 164 valence electrons. The molecule has 9 nitrogen and oxygen atoms in total. The van der Waals surface area contributed by atoms with Crippen molar-refractivity contribution in [1.82, 2.24) is 9.99 Å². The number of rotatable bonds is 7. The molecule has 1 aromatic heterocycles. The number of nitrogens with one attached hydrogen (secondary N) is 1. The van der Waals surface area contributed by atoms with E-state index in [0.29, 0.717) is 30.0 Å². The van der Waals surface area contributed by atoms with Gasteiger partial charge in [0.1, 0.15) is 0 Å². The predicted octanol–water partition coefficient (Wildman–Crippen LogP) is 3.47. The van der Waals surface area contributed by atoms with Gasteiger partial charge in [-0.25, -0.2) is 9.99 Å². The van der Waals surface area contributed by atoms with Crippen molar-refractivity contribution in [3.63, 3.8) is 0 Å². The van der Waals surface area contributed by atoms with Crippen molar-refractivity contribution in [3.8, 4) is 11.5 Å². The molecule has 1 aliphatic rings. The van der Waals surface area contributed by atoms with Crippen LogP contribution in [0.2, 0.25) is 0 Å². The lowest BCUT2D eigenvalue weighted by Gasteiger charge is -2.24. The molecule has 0 fully saturated rings. The van der Waals surface area contributed by atoms with E-state index < -0.39 is 5.91 Å². The van der Waals surface area contributed by atoms with Crippen LogP contribution in [0.1, 0.15) is 34.5 Å². The molecule has 4 rings (SSSR count). The first-order valence-electron chi connectivity index (χ1n) is 9.96. The molecule has 0 bridgehead atoms. The summed E-state index contributed by atoms with van der Waals surface area (Å²) in [6, 6.07) is 12.8. The molecule has 1 aliphatic heterocycles. The SMILES string of the molecule is COc1ccc(C2=NN(Cc3cccc(NC(=O)c4cnco4)c3)C(=O)CC2)cc1OC. The van der Waals surface area contributed by atoms with Crippen LogP contribution in [0.15, 0.2) is 64.6 Å². The maximum Gasteiger partial charge on any atom is 0.293 e. The number of carbonyl (C=O) groups is 2. The maximum atomic E-state index is 12.5. The van der Waals surface area contributed by atoms with Gasteiger partial charge in [0.05, 0.1) is 32.7 Å². The van der Waals surface area contributed by atoms with Crippen LogP contribution in [0.5, 0.6) is 11.5 Å². The van der Waals surface area contributed by atoms with Crippen molar-refractivity contribution in [2.24, 2.45) is 5.10 Å². The number of aromatic nitrogens is 1. The van der Waals surface area contributed by atoms with E-state index in [0.717, 1.165) is 16.8 Å². The van der Waals surface area contributed by atoms with Gasteiger partial charge < -0.3 is 19.2 Å². The molecule has 9 heteroatoms. The highest BCUT2D eigenvalue weighted by Crippen LogP contribution is 2.29. The van der Waals surface area contributed by atoms with Gasteiger partial charge >= 0.3 is 0 Å². The van der Waals surface area contributed by atoms with Crippen molar-refractivity contribution >= 4 is 23.2 Å². The molecule has 0 saturated heterocycles. The molecule has 0 spiro atoms. The van der Waals surface area contributed by atoms with Crippen LogP contribution in [-0.2, 0) is 11.3 Å². The average molecular weight is 434 g/mol. The molecule has 0 atom stereocenters. The molecule has 0 radical (unpaired) electrons. The minimum Gasteiger partial charge on any atom is -0.493 e. The number of hydrogen-bond acceptors (Lipinski definition) is 7. The molecule has 0 saturated carbocycles. The monoisotopic (exact) mass is 434 g/mol. The third kappa shape index (κ3) is 4.61. The van der Waals surface area contributed by atoms with E-state index in [1.165, 1.54) is 17.6 Å². The van der Waals surface area contributed by atoms with Gasteiger partial charge in [0.2, 0.25) is 11.7 Å². The zero-order valence-electron chi connectivity index (χ0n) is 17.7. The third-order valence-electron chi connectivity index (χ3n) is 5.00. The summed E-state index contributed by atoms with van der Waals surface area (Å²) in [4.78, 5) is 28.4. The van der Waals surface area contributed by atoms with E-state index in [1.54, 1.807) is 32.4 Å². The van der Waals surface area contributed by atoms with Crippen LogP contribution in [0, 0.1) is 0 Å². The topological polar surface area (TPSA) is 106 Å². The van der Waals surface area contributed by atoms with E-state index in [2.05, 4.69) is 15.4 Å². The summed E-state index contributed by atoms with van der Waals surface area (Å²) in [5.74, 6) is 0.884. The zero-order chi connectivity index (χ0) is 22.5. The number of ether oxygens (including phenoxy) is 2. The van der Waals surface area contributed by atoms with Gasteiger partial charge in [0.25, 0.3) is 5.91 Å². The molecule has 32 heavy (non-hydrogen) atoms. The highest BCUT2D eigenvalue weighted by Gasteiger charge is 2.22. The molecule has 2 aromatic carbocycles. The van der Waals surface area contributed by atoms with Crippen molar-refractivity contribution in [3.05, 3.63) is 71.9 Å². The molecule has 0 unspecified atom stereocenters. The number of methoxy groups -OCH3 is 2. The van der Waals surface area contributed by atoms with Crippen LogP contribution in [0.4, 0.5) is 5.69 Å². The largest absolute Gasteiger partial charge is 0.493 e. The third-order valence-corrected chi connectivity index (χ3v) is 5.00. The Morgan fingerprint density at radius 3 is 2.72 bits per heavy atom. The van der Waals surface area contributed by atoms with Crippen LogP contribution in [0.3, 0.4) is 0 Å². The second-order valence-electron chi connectivity index (χ2n) is 7.09. The van der Waals surface area contributed by atoms with E-state index in [1.807, 2.05) is 24.3 Å². The van der Waals surface area contributed by atoms with Gasteiger partial charge in [0.15, 0.2) is 17.9 Å². The molecular weight excluding hydrogens is 412 g/mol. The van der Waals surface area contributed by atoms with Crippen LogP contribution in [0.25, 0.3) is 0 Å². The fraction of sp³-hybridized carbons (Fsp3) is 0.217. The first kappa shape index (κ1) is 21.1. The number of hydrogen-bond donors (Lipinski definition) is 1. The summed E-state index contributed by atoms with van der Waals surface area (Å²) in [7, 11) is 3.16. The minimum atomic E-state index is -0.401. The Morgan fingerprint density at radius 1 is 1.12 bits per heavy atom. The van der Waals surface area contributed by atoms with Crippen molar-refractivity contribution in [2.75, 3.05) is 19.5 Å². The second kappa shape index (κ2) is 9.34. The number of carbonyl (C=O) groups excluding carboxylic acids is 2. The highest BCUT2D eigenvalue weighted by molar-refractivity contribution is 6.04. The number of benzene rings is 2. The summed E-state index contributed by atoms with van der Waals surface area (Å²) in [6.07, 6.45) is 3.44. The number of amides is 2. The Bertz CT molecular complexity index is 1160. The van der Waals surface area contributed by atoms with Crippen LogP contribution >= 0.6 is 0 Å². The number of nitrogens with zero attached hydrogens (tertiary/aromatic N) is 3. The van der Waals surface area contributed by atoms with Gasteiger partial charge in [-0.2, -0.15) is 5.10 Å². The lowest BCUT2D eigenvalue weighted by atomic mass is 10.0. The fourth-order valence-electron chi connectivity index (χ4n) is 3.39. The normalized spacial score (nSPS) is 13.5. The number of oxazole rings is 1. The molecule has 3 aromatic rings. The smallest absolute Gasteiger partial charge is 0.293 e. The zero-order valence-corrected chi connectivity index (χ0v) is 17.7. The van der Waals surface area contributed by atoms with Gasteiger partial charge in [-0.3, -0.25) is 9.59 Å². The Hall–Kier alpha value is -4.14. The van der Waals surface area contributed by atoms with Crippen molar-refractivity contribution < 1.29 is 23.5 Å². The second-order valence-corrected chi connectivity index (χ2v) is 7.09. The molecular formula is C23H22N4O5. The van der Waals surface area contributed by atoms with Crippen molar-refractivity contribution in [1.29, 1.82) is 0 Å². The van der Waals surface area contributed by atoms with Crippen LogP contribution < -0.4 is 14.8 Å². The minimum absolute atomic E-state index is 0.0645. The van der Waals surface area contributed by atoms with Crippen LogP contribution in [-0.4, -0.2) is 41.7 Å². The summed E-state index contributed by atoms with van der Waals surface area (Å²) in [6.45, 7) is 0.279. The quantitative estimate of drug-likeness (QED) is 0.610. The summed E-state index contributed by atoms with van der Waals surface area (Å²) >= 11 is 0. The van der Waals surface area contributed by atoms with Crippen molar-refractivity contribution in [2.45, 2.75) is 19.4 Å². The summed E-state index contributed by atoms with van der Waals surface area (Å²) in [5, 5.41) is 8.79. The van der Waals surface area contributed by atoms with E-state index >= 15 is 0 Å². The molecule has 0 aliphatic carbocycles. The fourth-order valence-corrected chi connectivity index (χ4v) is 3.39. The predicted molar refractivity (Wildman–Crippen MR) is 117 cm³/mol. The first-order valence-corrected chi connectivity index (χ1v) is 9.96. The Morgan fingerprint density at radius 2 is 1.97 bits per heavy atom. The lowest BCUT2D eigenvalue weighted by molar-refractivity contribution is -0.132. The number of hydrazone groups is 1. The Kier molecular flexibility index (Phi) is 6.16. The highest BCUT2D eigenvalue weighted by atomic mass is 16.5. The van der Waals surface area contributed by atoms with E-state index in [9.17, 15) is 9.59 Å². The molecule has 1 N–H and O–H groups in total. The standard InChI is InChI=1S/C23H22N4O5/c1-30-19-8-6-16(11-20(19)31-2)18-7-9-22(28)27(26-18)13-15-4-3-5-17(10-15)25-23(29)21-12-24-14-32-21/h3-6,8,10-12,14H,7,9,13H2,1-2H3,(H,25,29). The Balaban J connectivity index is 1.52. The molecule has 2 heterocycles. The summed E-state index contributed by atoms with van der Waals surface area (Å²) in [5.41, 5.74) is 3.07. The molecule has 2 amide bonds. The Labute approximate surface area is 184 Å². The van der Waals surface area contributed by atoms with Gasteiger partial charge in [-0.05, 0) is 35.9 Å². The van der Waals surface area contributed by atoms with Gasteiger partial charge in [-0.15, -0.1) is 0 Å². The summed E-state index contributed by atoms with van der Waals surface area (Å²) < 4.78 is 15.7. The lowest BCUT2D eigenvalue weighted by Crippen LogP contribution is -2.31. The van der Waals surface area contributed by atoms with E-state index in [-0.39, 0.29) is 18.2 Å². The average Bonchev–Trinajstić information content (AvgIpc) is 3.35.